The number of nitrogens with zero attached hydrogens (tertiary/aromatic N) is 1. The van der Waals surface area contributed by atoms with E-state index in [9.17, 15) is 57.9 Å². The van der Waals surface area contributed by atoms with Crippen molar-refractivity contribution >= 4 is 52.2 Å². The molecule has 9 N–H and O–H groups in total. The Labute approximate surface area is 268 Å². The lowest BCUT2D eigenvalue weighted by molar-refractivity contribution is -0.169. The zero-order valence-electron chi connectivity index (χ0n) is 24.7. The fourth-order valence-corrected chi connectivity index (χ4v) is 7.03. The molecule has 6 atom stereocenters. The summed E-state index contributed by atoms with van der Waals surface area (Å²) in [5, 5.41) is 60.9. The Morgan fingerprint density at radius 2 is 1.64 bits per heavy atom. The molecule has 1 unspecified atom stereocenters. The van der Waals surface area contributed by atoms with Crippen molar-refractivity contribution in [1.29, 1.82) is 0 Å². The van der Waals surface area contributed by atoms with Gasteiger partial charge in [-0.2, -0.15) is 13.2 Å². The van der Waals surface area contributed by atoms with E-state index in [1.165, 1.54) is 38.1 Å². The van der Waals surface area contributed by atoms with Gasteiger partial charge < -0.3 is 41.9 Å². The first-order chi connectivity index (χ1) is 21.7. The highest BCUT2D eigenvalue weighted by Gasteiger charge is 2.68. The smallest absolute Gasteiger partial charge is 0.418 e. The van der Waals surface area contributed by atoms with E-state index in [4.69, 9.17) is 17.3 Å². The van der Waals surface area contributed by atoms with Gasteiger partial charge in [-0.3, -0.25) is 19.3 Å². The van der Waals surface area contributed by atoms with Crippen molar-refractivity contribution in [3.05, 3.63) is 69.0 Å². The van der Waals surface area contributed by atoms with Crippen LogP contribution in [-0.2, 0) is 20.6 Å². The van der Waals surface area contributed by atoms with Gasteiger partial charge in [0.05, 0.1) is 40.6 Å². The Kier molecular flexibility index (Phi) is 8.08. The van der Waals surface area contributed by atoms with Gasteiger partial charge in [-0.15, -0.1) is 0 Å². The highest BCUT2D eigenvalue weighted by Crippen LogP contribution is 2.56. The molecule has 2 aromatic rings. The minimum atomic E-state index is -4.88. The number of carbonyl (C=O) groups is 4. The second-order valence-electron chi connectivity index (χ2n) is 11.7. The van der Waals surface area contributed by atoms with Crippen molar-refractivity contribution in [3.8, 4) is 5.75 Å². The molecule has 3 amide bonds. The Morgan fingerprint density at radius 1 is 1.04 bits per heavy atom. The third kappa shape index (κ3) is 4.99. The first-order valence-electron chi connectivity index (χ1n) is 13.9. The first-order valence-corrected chi connectivity index (χ1v) is 14.3. The Bertz CT molecular complexity index is 1830. The van der Waals surface area contributed by atoms with Crippen LogP contribution in [0.1, 0.15) is 29.5 Å². The molecule has 0 saturated heterocycles. The summed E-state index contributed by atoms with van der Waals surface area (Å²) in [6, 6.07) is 2.36. The lowest BCUT2D eigenvalue weighted by Crippen LogP contribution is -2.70. The predicted molar refractivity (Wildman–Crippen MR) is 159 cm³/mol. The summed E-state index contributed by atoms with van der Waals surface area (Å²) in [6.45, 7) is 1.51. The van der Waals surface area contributed by atoms with Crippen molar-refractivity contribution in [1.82, 2.24) is 4.90 Å². The van der Waals surface area contributed by atoms with Crippen molar-refractivity contribution in [2.75, 3.05) is 24.7 Å². The van der Waals surface area contributed by atoms with Gasteiger partial charge in [-0.25, -0.2) is 4.79 Å². The number of urea groups is 1. The predicted octanol–water partition coefficient (Wildman–Crippen LogP) is 2.81. The largest absolute Gasteiger partial charge is 0.508 e. The number of benzene rings is 2. The van der Waals surface area contributed by atoms with Gasteiger partial charge in [-0.05, 0) is 49.8 Å². The molecule has 2 aromatic carbocycles. The van der Waals surface area contributed by atoms with Crippen molar-refractivity contribution in [3.63, 3.8) is 0 Å². The van der Waals surface area contributed by atoms with Crippen LogP contribution in [0.4, 0.5) is 29.3 Å². The zero-order chi connectivity index (χ0) is 35.1. The number of amides is 3. The van der Waals surface area contributed by atoms with Crippen LogP contribution in [0.5, 0.6) is 5.75 Å². The van der Waals surface area contributed by atoms with Crippen LogP contribution < -0.4 is 16.4 Å². The molecule has 0 bridgehead atoms. The highest BCUT2D eigenvalue weighted by atomic mass is 35.5. The number of phenols is 1. The molecule has 250 valence electrons. The minimum absolute atomic E-state index is 0.148. The van der Waals surface area contributed by atoms with E-state index in [1.807, 2.05) is 5.32 Å². The van der Waals surface area contributed by atoms with Crippen molar-refractivity contribution in [2.45, 2.75) is 36.8 Å². The average molecular weight is 681 g/mol. The average Bonchev–Trinajstić information content (AvgIpc) is 2.96. The molecule has 0 radical (unpaired) electrons. The maximum Gasteiger partial charge on any atom is 0.418 e. The molecule has 0 heterocycles. The monoisotopic (exact) mass is 680 g/mol. The van der Waals surface area contributed by atoms with Crippen LogP contribution in [0, 0.1) is 11.8 Å². The normalized spacial score (nSPS) is 27.3. The molecule has 0 spiro atoms. The number of primary amides is 1. The van der Waals surface area contributed by atoms with Crippen LogP contribution in [0.15, 0.2) is 47.2 Å². The van der Waals surface area contributed by atoms with Crippen molar-refractivity contribution in [2.24, 2.45) is 17.6 Å². The van der Waals surface area contributed by atoms with E-state index < -0.39 is 116 Å². The lowest BCUT2D eigenvalue weighted by Gasteiger charge is -2.53. The van der Waals surface area contributed by atoms with E-state index in [-0.39, 0.29) is 10.6 Å². The second kappa shape index (κ2) is 11.3. The third-order valence-corrected chi connectivity index (χ3v) is 9.15. The summed E-state index contributed by atoms with van der Waals surface area (Å²) < 4.78 is 40.5. The maximum absolute atomic E-state index is 14.1. The molecular formula is C30H28ClF3N4O9. The first kappa shape index (κ1) is 33.7. The summed E-state index contributed by atoms with van der Waals surface area (Å²) in [5.74, 6) is -11.1. The summed E-state index contributed by atoms with van der Waals surface area (Å²) >= 11 is 5.67. The lowest BCUT2D eigenvalue weighted by atomic mass is 9.54. The number of nitrogens with two attached hydrogens (primary N) is 1. The highest BCUT2D eigenvalue weighted by molar-refractivity contribution is 6.30. The summed E-state index contributed by atoms with van der Waals surface area (Å²) in [5.41, 5.74) is -2.16. The zero-order valence-corrected chi connectivity index (χ0v) is 25.4. The van der Waals surface area contributed by atoms with Crippen LogP contribution >= 0.6 is 11.6 Å². The fourth-order valence-electron chi connectivity index (χ4n) is 6.85. The number of carbonyl (C=O) groups excluding carboxylic acids is 4. The summed E-state index contributed by atoms with van der Waals surface area (Å²) in [4.78, 5) is 53.5. The summed E-state index contributed by atoms with van der Waals surface area (Å²) in [7, 11) is 2.76. The van der Waals surface area contributed by atoms with E-state index >= 15 is 0 Å². The number of phenolic OH excluding ortho intramolecular Hbond substituents is 1. The standard InChI is InChI=1S/C30H28ClF3N4O9/c1-9-11-5-7-14(37-28(46)36-13-6-4-10(31)8-12(13)30(32,33)34)21(39)16(11)22(40)17-15(9)23(41)19-20(38(2)3)24(42)18(27(35)45)26(44)29(19,47)25(17)43/h4-9,15,19-20,23,39-41,44,47H,1-3H3,(H2,35,45)(H2,36,37,46)/t9-,15+,19+,20-,23?,29-/m0/s1. The molecule has 1 fully saturated rings. The molecule has 17 heteroatoms. The van der Waals surface area contributed by atoms with Gasteiger partial charge in [0.1, 0.15) is 22.8 Å². The second-order valence-corrected chi connectivity index (χ2v) is 12.2. The number of aromatic hydroxyl groups is 1. The van der Waals surface area contributed by atoms with E-state index in [0.29, 0.717) is 6.07 Å². The molecule has 5 rings (SSSR count). The van der Waals surface area contributed by atoms with Crippen LogP contribution in [0.3, 0.4) is 0 Å². The molecule has 1 saturated carbocycles. The number of rotatable bonds is 4. The Balaban J connectivity index is 1.60. The van der Waals surface area contributed by atoms with Gasteiger partial charge in [0.15, 0.2) is 11.4 Å². The van der Waals surface area contributed by atoms with E-state index in [2.05, 4.69) is 5.32 Å². The Morgan fingerprint density at radius 3 is 2.21 bits per heavy atom. The molecule has 3 aliphatic rings. The van der Waals surface area contributed by atoms with Crippen LogP contribution in [0.25, 0.3) is 5.76 Å². The van der Waals surface area contributed by atoms with Gasteiger partial charge in [0.25, 0.3) is 5.91 Å². The molecule has 47 heavy (non-hydrogen) atoms. The van der Waals surface area contributed by atoms with Crippen molar-refractivity contribution < 1.29 is 57.9 Å². The number of hydrogen-bond donors (Lipinski definition) is 8. The number of anilines is 2. The molecule has 0 aliphatic heterocycles. The fraction of sp³-hybridized carbons (Fsp3) is 0.333. The molecule has 13 nitrogen and oxygen atoms in total. The number of alkyl halides is 3. The van der Waals surface area contributed by atoms with Crippen LogP contribution in [0.2, 0.25) is 5.02 Å². The third-order valence-electron chi connectivity index (χ3n) is 8.91. The topological polar surface area (TPSA) is 223 Å². The van der Waals surface area contributed by atoms with Gasteiger partial charge in [0, 0.05) is 16.5 Å². The number of fused-ring (bicyclic) bond motifs is 3. The summed E-state index contributed by atoms with van der Waals surface area (Å²) in [6.07, 6.45) is -6.69. The van der Waals surface area contributed by atoms with Crippen LogP contribution in [-0.4, -0.2) is 85.8 Å². The minimum Gasteiger partial charge on any atom is -0.508 e. The van der Waals surface area contributed by atoms with E-state index in [1.54, 1.807) is 0 Å². The number of hydrogen-bond acceptors (Lipinski definition) is 10. The van der Waals surface area contributed by atoms with E-state index in [0.717, 1.165) is 12.1 Å². The molecular weight excluding hydrogens is 653 g/mol. The SMILES string of the molecule is C[C@H]1c2ccc(NC(=O)Nc3ccc(Cl)cc3C(F)(F)F)c(O)c2C(O)=C2C(=O)[C@]3(O)C(O)=C(C(N)=O)C(=O)[C@@H](N(C)C)[C@@H]3C(O)[C@@H]21. The number of aliphatic hydroxyl groups is 4. The number of halogens is 4. The number of likely N-dealkylation sites (N-methyl/N-ethyl adjacent to an activating group) is 1. The maximum atomic E-state index is 14.1. The van der Waals surface area contributed by atoms with Gasteiger partial charge in [0.2, 0.25) is 5.78 Å². The Hall–Kier alpha value is -4.64. The number of ketones is 2. The number of Topliss-reactive ketones (excluding diaryl/α,β-unsaturated/α-hetero) is 2. The van der Waals surface area contributed by atoms with Gasteiger partial charge >= 0.3 is 12.2 Å². The van der Waals surface area contributed by atoms with Gasteiger partial charge in [-0.1, -0.05) is 24.6 Å². The number of aliphatic hydroxyl groups excluding tert-OH is 3. The number of nitrogens with one attached hydrogen (secondary N) is 2. The molecule has 3 aliphatic carbocycles. The molecule has 0 aromatic heterocycles. The quantitative estimate of drug-likeness (QED) is 0.174.